The molecule has 3 aromatic heterocycles. The second kappa shape index (κ2) is 4.76. The fourth-order valence-electron chi connectivity index (χ4n) is 2.24. The summed E-state index contributed by atoms with van der Waals surface area (Å²) in [6.45, 7) is 0. The van der Waals surface area contributed by atoms with Gasteiger partial charge in [0.2, 0.25) is 0 Å². The molecule has 8 nitrogen and oxygen atoms in total. The molecule has 1 saturated carbocycles. The summed E-state index contributed by atoms with van der Waals surface area (Å²) < 4.78 is 1.57. The van der Waals surface area contributed by atoms with Crippen molar-refractivity contribution in [1.82, 2.24) is 24.7 Å². The SMILES string of the molecule is O=C(O)c1cnc(-n2ncc3cncnc32)cc1NC1CC1. The molecule has 0 aliphatic heterocycles. The van der Waals surface area contributed by atoms with E-state index in [1.165, 1.54) is 12.5 Å². The molecule has 110 valence electrons. The van der Waals surface area contributed by atoms with Gasteiger partial charge < -0.3 is 10.4 Å². The van der Waals surface area contributed by atoms with Crippen molar-refractivity contribution < 1.29 is 9.90 Å². The maximum absolute atomic E-state index is 11.3. The van der Waals surface area contributed by atoms with Gasteiger partial charge in [0, 0.05) is 24.5 Å². The number of hydrogen-bond acceptors (Lipinski definition) is 6. The van der Waals surface area contributed by atoms with Crippen LogP contribution in [0.3, 0.4) is 0 Å². The van der Waals surface area contributed by atoms with Crippen molar-refractivity contribution in [3.05, 3.63) is 36.5 Å². The van der Waals surface area contributed by atoms with Crippen LogP contribution in [0.15, 0.2) is 31.0 Å². The average molecular weight is 296 g/mol. The molecular formula is C14H12N6O2. The fraction of sp³-hybridized carbons (Fsp3) is 0.214. The van der Waals surface area contributed by atoms with E-state index in [2.05, 4.69) is 25.4 Å². The number of carboxylic acids is 1. The summed E-state index contributed by atoms with van der Waals surface area (Å²) in [4.78, 5) is 23.6. The molecule has 4 rings (SSSR count). The van der Waals surface area contributed by atoms with E-state index in [1.807, 2.05) is 0 Å². The van der Waals surface area contributed by atoms with E-state index in [4.69, 9.17) is 0 Å². The van der Waals surface area contributed by atoms with Gasteiger partial charge in [0.1, 0.15) is 11.9 Å². The first-order valence-corrected chi connectivity index (χ1v) is 6.86. The topological polar surface area (TPSA) is 106 Å². The smallest absolute Gasteiger partial charge is 0.339 e. The van der Waals surface area contributed by atoms with Gasteiger partial charge in [0.05, 0.1) is 17.3 Å². The predicted octanol–water partition coefficient (Wildman–Crippen LogP) is 1.48. The number of aromatic carboxylic acids is 1. The number of aromatic nitrogens is 5. The van der Waals surface area contributed by atoms with E-state index >= 15 is 0 Å². The van der Waals surface area contributed by atoms with Crippen LogP contribution in [0, 0.1) is 0 Å². The molecule has 0 amide bonds. The van der Waals surface area contributed by atoms with Crippen molar-refractivity contribution in [2.24, 2.45) is 0 Å². The van der Waals surface area contributed by atoms with Crippen molar-refractivity contribution in [2.45, 2.75) is 18.9 Å². The molecule has 22 heavy (non-hydrogen) atoms. The number of pyridine rings is 1. The Hall–Kier alpha value is -3.03. The van der Waals surface area contributed by atoms with E-state index in [1.54, 1.807) is 23.1 Å². The Kier molecular flexibility index (Phi) is 2.75. The van der Waals surface area contributed by atoms with Crippen LogP contribution in [0.1, 0.15) is 23.2 Å². The van der Waals surface area contributed by atoms with E-state index in [9.17, 15) is 9.90 Å². The first-order chi connectivity index (χ1) is 10.7. The molecule has 1 aliphatic carbocycles. The lowest BCUT2D eigenvalue weighted by Gasteiger charge is -2.10. The Morgan fingerprint density at radius 2 is 2.14 bits per heavy atom. The van der Waals surface area contributed by atoms with Crippen LogP contribution in [0.4, 0.5) is 5.69 Å². The van der Waals surface area contributed by atoms with Gasteiger partial charge in [-0.2, -0.15) is 9.78 Å². The summed E-state index contributed by atoms with van der Waals surface area (Å²) in [5.41, 5.74) is 1.34. The molecule has 3 aromatic rings. The summed E-state index contributed by atoms with van der Waals surface area (Å²) in [5, 5.41) is 17.5. The second-order valence-electron chi connectivity index (χ2n) is 5.17. The zero-order chi connectivity index (χ0) is 15.1. The first kappa shape index (κ1) is 12.7. The average Bonchev–Trinajstić information content (AvgIpc) is 3.23. The lowest BCUT2D eigenvalue weighted by atomic mass is 10.2. The molecule has 0 saturated heterocycles. The van der Waals surface area contributed by atoms with Crippen LogP contribution in [-0.4, -0.2) is 41.9 Å². The van der Waals surface area contributed by atoms with Gasteiger partial charge in [-0.25, -0.2) is 19.7 Å². The molecule has 8 heteroatoms. The number of rotatable bonds is 4. The minimum Gasteiger partial charge on any atom is -0.478 e. The predicted molar refractivity (Wildman–Crippen MR) is 78.1 cm³/mol. The highest BCUT2D eigenvalue weighted by atomic mass is 16.4. The summed E-state index contributed by atoms with van der Waals surface area (Å²) in [5.74, 6) is -0.489. The standard InChI is InChI=1S/C14H12N6O2/c21-14(22)10-6-16-12(3-11(10)19-9-1-2-9)20-13-8(5-18-20)4-15-7-17-13/h3-7,9H,1-2H2,(H,16,19)(H,21,22). The molecule has 0 unspecified atom stereocenters. The quantitative estimate of drug-likeness (QED) is 0.751. The lowest BCUT2D eigenvalue weighted by Crippen LogP contribution is -2.11. The number of fused-ring (bicyclic) bond motifs is 1. The summed E-state index contributed by atoms with van der Waals surface area (Å²) in [7, 11) is 0. The number of nitrogens with zero attached hydrogens (tertiary/aromatic N) is 5. The highest BCUT2D eigenvalue weighted by molar-refractivity contribution is 5.94. The second-order valence-corrected chi connectivity index (χ2v) is 5.17. The third-order valence-corrected chi connectivity index (χ3v) is 3.51. The van der Waals surface area contributed by atoms with Gasteiger partial charge in [-0.3, -0.25) is 0 Å². The van der Waals surface area contributed by atoms with Crippen LogP contribution in [0.25, 0.3) is 16.9 Å². The maximum atomic E-state index is 11.3. The number of carboxylic acid groups (broad SMARTS) is 1. The van der Waals surface area contributed by atoms with Gasteiger partial charge in [-0.05, 0) is 12.8 Å². The van der Waals surface area contributed by atoms with Crippen molar-refractivity contribution in [3.63, 3.8) is 0 Å². The molecule has 0 aromatic carbocycles. The summed E-state index contributed by atoms with van der Waals surface area (Å²) in [6, 6.07) is 2.03. The number of carbonyl (C=O) groups is 1. The first-order valence-electron chi connectivity index (χ1n) is 6.86. The van der Waals surface area contributed by atoms with Gasteiger partial charge in [-0.1, -0.05) is 0 Å². The van der Waals surface area contributed by atoms with Crippen LogP contribution < -0.4 is 5.32 Å². The van der Waals surface area contributed by atoms with E-state index in [0.29, 0.717) is 23.2 Å². The Morgan fingerprint density at radius 1 is 1.27 bits per heavy atom. The molecular weight excluding hydrogens is 284 g/mol. The molecule has 1 aliphatic rings. The lowest BCUT2D eigenvalue weighted by molar-refractivity contribution is 0.0697. The van der Waals surface area contributed by atoms with Crippen LogP contribution in [0.2, 0.25) is 0 Å². The Morgan fingerprint density at radius 3 is 2.91 bits per heavy atom. The number of anilines is 1. The largest absolute Gasteiger partial charge is 0.478 e. The van der Waals surface area contributed by atoms with Crippen molar-refractivity contribution in [1.29, 1.82) is 0 Å². The molecule has 0 bridgehead atoms. The highest BCUT2D eigenvalue weighted by Crippen LogP contribution is 2.28. The summed E-state index contributed by atoms with van der Waals surface area (Å²) in [6.07, 6.45) is 8.20. The van der Waals surface area contributed by atoms with Crippen LogP contribution >= 0.6 is 0 Å². The molecule has 3 heterocycles. The zero-order valence-corrected chi connectivity index (χ0v) is 11.5. The third kappa shape index (κ3) is 2.14. The minimum absolute atomic E-state index is 0.154. The van der Waals surface area contributed by atoms with Crippen molar-refractivity contribution in [3.8, 4) is 5.82 Å². The molecule has 0 radical (unpaired) electrons. The van der Waals surface area contributed by atoms with Gasteiger partial charge in [0.25, 0.3) is 0 Å². The van der Waals surface area contributed by atoms with E-state index < -0.39 is 5.97 Å². The number of nitrogens with one attached hydrogen (secondary N) is 1. The normalized spacial score (nSPS) is 14.2. The third-order valence-electron chi connectivity index (χ3n) is 3.51. The Labute approximate surface area is 124 Å². The van der Waals surface area contributed by atoms with Crippen LogP contribution in [-0.2, 0) is 0 Å². The number of hydrogen-bond donors (Lipinski definition) is 2. The monoisotopic (exact) mass is 296 g/mol. The molecule has 0 atom stereocenters. The molecule has 0 spiro atoms. The van der Waals surface area contributed by atoms with Crippen molar-refractivity contribution in [2.75, 3.05) is 5.32 Å². The fourth-order valence-corrected chi connectivity index (χ4v) is 2.24. The van der Waals surface area contributed by atoms with E-state index in [0.717, 1.165) is 18.2 Å². The molecule has 2 N–H and O–H groups in total. The van der Waals surface area contributed by atoms with Gasteiger partial charge >= 0.3 is 5.97 Å². The van der Waals surface area contributed by atoms with Gasteiger partial charge in [-0.15, -0.1) is 0 Å². The Bertz CT molecular complexity index is 871. The minimum atomic E-state index is -1.00. The zero-order valence-electron chi connectivity index (χ0n) is 11.5. The molecule has 1 fully saturated rings. The van der Waals surface area contributed by atoms with Crippen molar-refractivity contribution >= 4 is 22.7 Å². The van der Waals surface area contributed by atoms with Gasteiger partial charge in [0.15, 0.2) is 11.5 Å². The Balaban J connectivity index is 1.83. The van der Waals surface area contributed by atoms with Crippen LogP contribution in [0.5, 0.6) is 0 Å². The highest BCUT2D eigenvalue weighted by Gasteiger charge is 2.24. The maximum Gasteiger partial charge on any atom is 0.339 e. The van der Waals surface area contributed by atoms with E-state index in [-0.39, 0.29) is 5.56 Å². The summed E-state index contributed by atoms with van der Waals surface area (Å²) >= 11 is 0.